The van der Waals surface area contributed by atoms with Crippen LogP contribution in [0.5, 0.6) is 0 Å². The summed E-state index contributed by atoms with van der Waals surface area (Å²) in [4.78, 5) is 34.8. The van der Waals surface area contributed by atoms with Gasteiger partial charge in [0.15, 0.2) is 0 Å². The molecule has 2 N–H and O–H groups in total. The Kier molecular flexibility index (Phi) is 7.48. The standard InChI is InChI=1S/C23H26N4O4/c1-16(25-26-22(28)14-17-10-12-21(13-11-17)27(30)31)19-8-5-9-20(15-19)24-23(29)18-6-3-2-4-7-18/h5,8-13,15,18H,2-4,6-7,14H2,1H3,(H,24,29)(H,26,28)/b25-16+. The van der Waals surface area contributed by atoms with E-state index in [4.69, 9.17) is 0 Å². The third-order valence-electron chi connectivity index (χ3n) is 5.38. The SMILES string of the molecule is C/C(=N\NC(=O)Cc1ccc([N+](=O)[O-])cc1)c1cccc(NC(=O)C2CCCCC2)c1. The lowest BCUT2D eigenvalue weighted by Gasteiger charge is -2.20. The van der Waals surface area contributed by atoms with Crippen molar-refractivity contribution in [2.24, 2.45) is 11.0 Å². The van der Waals surface area contributed by atoms with Crippen LogP contribution in [0.15, 0.2) is 53.6 Å². The molecule has 0 radical (unpaired) electrons. The first-order chi connectivity index (χ1) is 14.9. The molecule has 2 aromatic rings. The van der Waals surface area contributed by atoms with Crippen LogP contribution >= 0.6 is 0 Å². The number of hydrogen-bond donors (Lipinski definition) is 2. The maximum absolute atomic E-state index is 12.5. The zero-order chi connectivity index (χ0) is 22.2. The Morgan fingerprint density at radius 3 is 2.48 bits per heavy atom. The summed E-state index contributed by atoms with van der Waals surface area (Å²) in [5, 5.41) is 17.8. The zero-order valence-corrected chi connectivity index (χ0v) is 17.5. The van der Waals surface area contributed by atoms with Crippen molar-refractivity contribution in [3.8, 4) is 0 Å². The van der Waals surface area contributed by atoms with E-state index in [9.17, 15) is 19.7 Å². The number of benzene rings is 2. The highest BCUT2D eigenvalue weighted by atomic mass is 16.6. The molecule has 1 fully saturated rings. The van der Waals surface area contributed by atoms with Crippen molar-refractivity contribution in [3.05, 3.63) is 69.8 Å². The van der Waals surface area contributed by atoms with Crippen LogP contribution in [0, 0.1) is 16.0 Å². The minimum Gasteiger partial charge on any atom is -0.326 e. The van der Waals surface area contributed by atoms with E-state index in [1.54, 1.807) is 19.1 Å². The fraction of sp³-hybridized carbons (Fsp3) is 0.348. The minimum atomic E-state index is -0.483. The quantitative estimate of drug-likeness (QED) is 0.395. The van der Waals surface area contributed by atoms with Gasteiger partial charge in [-0.05, 0) is 43.0 Å². The van der Waals surface area contributed by atoms with Crippen molar-refractivity contribution >= 4 is 28.9 Å². The molecule has 31 heavy (non-hydrogen) atoms. The summed E-state index contributed by atoms with van der Waals surface area (Å²) in [6.45, 7) is 1.77. The summed E-state index contributed by atoms with van der Waals surface area (Å²) in [5.41, 5.74) is 5.24. The van der Waals surface area contributed by atoms with Gasteiger partial charge in [-0.15, -0.1) is 0 Å². The van der Waals surface area contributed by atoms with Crippen molar-refractivity contribution < 1.29 is 14.5 Å². The summed E-state index contributed by atoms with van der Waals surface area (Å²) in [5.74, 6) is -0.191. The number of nitrogens with zero attached hydrogens (tertiary/aromatic N) is 2. The molecule has 1 aliphatic rings. The monoisotopic (exact) mass is 422 g/mol. The first kappa shape index (κ1) is 22.1. The maximum atomic E-state index is 12.5. The first-order valence-corrected chi connectivity index (χ1v) is 10.4. The number of rotatable bonds is 7. The van der Waals surface area contributed by atoms with Gasteiger partial charge in [0.2, 0.25) is 11.8 Å². The van der Waals surface area contributed by atoms with E-state index in [1.807, 2.05) is 24.3 Å². The number of nitrogens with one attached hydrogen (secondary N) is 2. The molecular weight excluding hydrogens is 396 g/mol. The van der Waals surface area contributed by atoms with Crippen molar-refractivity contribution in [2.75, 3.05) is 5.32 Å². The number of nitro groups is 1. The number of non-ortho nitro benzene ring substituents is 1. The largest absolute Gasteiger partial charge is 0.326 e. The summed E-state index contributed by atoms with van der Waals surface area (Å²) in [7, 11) is 0. The summed E-state index contributed by atoms with van der Waals surface area (Å²) < 4.78 is 0. The van der Waals surface area contributed by atoms with Crippen molar-refractivity contribution in [3.63, 3.8) is 0 Å². The highest BCUT2D eigenvalue weighted by Gasteiger charge is 2.21. The van der Waals surface area contributed by atoms with Gasteiger partial charge in [-0.1, -0.05) is 43.5 Å². The molecule has 8 nitrogen and oxygen atoms in total. The molecule has 8 heteroatoms. The fourth-order valence-electron chi connectivity index (χ4n) is 3.60. The predicted octanol–water partition coefficient (Wildman–Crippen LogP) is 4.20. The van der Waals surface area contributed by atoms with E-state index in [-0.39, 0.29) is 29.8 Å². The Hall–Kier alpha value is -3.55. The smallest absolute Gasteiger partial charge is 0.269 e. The Bertz CT molecular complexity index is 979. The molecule has 0 saturated heterocycles. The molecule has 0 bridgehead atoms. The van der Waals surface area contributed by atoms with E-state index in [0.29, 0.717) is 17.0 Å². The molecule has 0 spiro atoms. The lowest BCUT2D eigenvalue weighted by molar-refractivity contribution is -0.384. The number of carbonyl (C=O) groups is 2. The molecule has 0 atom stereocenters. The second-order valence-corrected chi connectivity index (χ2v) is 7.74. The van der Waals surface area contributed by atoms with Crippen LogP contribution in [0.1, 0.15) is 50.2 Å². The van der Waals surface area contributed by atoms with Gasteiger partial charge in [0, 0.05) is 23.7 Å². The van der Waals surface area contributed by atoms with Gasteiger partial charge in [-0.3, -0.25) is 19.7 Å². The highest BCUT2D eigenvalue weighted by Crippen LogP contribution is 2.25. The van der Waals surface area contributed by atoms with Gasteiger partial charge < -0.3 is 5.32 Å². The molecule has 3 rings (SSSR count). The highest BCUT2D eigenvalue weighted by molar-refractivity contribution is 6.01. The van der Waals surface area contributed by atoms with Crippen LogP contribution in [0.4, 0.5) is 11.4 Å². The lowest BCUT2D eigenvalue weighted by Crippen LogP contribution is -2.24. The molecule has 0 aromatic heterocycles. The Balaban J connectivity index is 1.56. The predicted molar refractivity (Wildman–Crippen MR) is 119 cm³/mol. The Morgan fingerprint density at radius 2 is 1.81 bits per heavy atom. The number of nitro benzene ring substituents is 1. The summed E-state index contributed by atoms with van der Waals surface area (Å²) in [6, 6.07) is 13.2. The number of amides is 2. The Labute approximate surface area is 180 Å². The van der Waals surface area contributed by atoms with Gasteiger partial charge >= 0.3 is 0 Å². The molecule has 0 unspecified atom stereocenters. The molecule has 1 aliphatic carbocycles. The second-order valence-electron chi connectivity index (χ2n) is 7.74. The molecule has 162 valence electrons. The maximum Gasteiger partial charge on any atom is 0.269 e. The number of anilines is 1. The van der Waals surface area contributed by atoms with Gasteiger partial charge in [0.05, 0.1) is 17.1 Å². The van der Waals surface area contributed by atoms with Crippen LogP contribution in [-0.2, 0) is 16.0 Å². The topological polar surface area (TPSA) is 114 Å². The second kappa shape index (κ2) is 10.5. The summed E-state index contributed by atoms with van der Waals surface area (Å²) in [6.07, 6.45) is 5.34. The Morgan fingerprint density at radius 1 is 1.10 bits per heavy atom. The number of carbonyl (C=O) groups excluding carboxylic acids is 2. The van der Waals surface area contributed by atoms with Crippen LogP contribution in [0.3, 0.4) is 0 Å². The van der Waals surface area contributed by atoms with Gasteiger partial charge in [0.25, 0.3) is 5.69 Å². The minimum absolute atomic E-state index is 0.0199. The van der Waals surface area contributed by atoms with Gasteiger partial charge in [-0.2, -0.15) is 5.10 Å². The third kappa shape index (κ3) is 6.47. The third-order valence-corrected chi connectivity index (χ3v) is 5.38. The normalized spacial score (nSPS) is 14.7. The molecule has 2 amide bonds. The van der Waals surface area contributed by atoms with Gasteiger partial charge in [-0.25, -0.2) is 5.43 Å². The molecule has 1 saturated carbocycles. The van der Waals surface area contributed by atoms with Crippen molar-refractivity contribution in [2.45, 2.75) is 45.4 Å². The fourth-order valence-corrected chi connectivity index (χ4v) is 3.60. The zero-order valence-electron chi connectivity index (χ0n) is 17.5. The van der Waals surface area contributed by atoms with Crippen LogP contribution < -0.4 is 10.7 Å². The van der Waals surface area contributed by atoms with Crippen molar-refractivity contribution in [1.29, 1.82) is 0 Å². The van der Waals surface area contributed by atoms with Crippen LogP contribution in [0.25, 0.3) is 0 Å². The van der Waals surface area contributed by atoms with Crippen LogP contribution in [0.2, 0.25) is 0 Å². The number of hydrogen-bond acceptors (Lipinski definition) is 5. The van der Waals surface area contributed by atoms with E-state index in [2.05, 4.69) is 15.8 Å². The van der Waals surface area contributed by atoms with E-state index >= 15 is 0 Å². The molecule has 0 heterocycles. The average Bonchev–Trinajstić information content (AvgIpc) is 2.78. The molecule has 0 aliphatic heterocycles. The molecule has 2 aromatic carbocycles. The summed E-state index contributed by atoms with van der Waals surface area (Å²) >= 11 is 0. The van der Waals surface area contributed by atoms with E-state index < -0.39 is 4.92 Å². The van der Waals surface area contributed by atoms with Crippen molar-refractivity contribution in [1.82, 2.24) is 5.43 Å². The van der Waals surface area contributed by atoms with Crippen LogP contribution in [-0.4, -0.2) is 22.4 Å². The number of hydrazone groups is 1. The van der Waals surface area contributed by atoms with E-state index in [0.717, 1.165) is 31.2 Å². The lowest BCUT2D eigenvalue weighted by atomic mass is 9.88. The van der Waals surface area contributed by atoms with E-state index in [1.165, 1.54) is 18.6 Å². The average molecular weight is 422 g/mol. The molecular formula is C23H26N4O4. The van der Waals surface area contributed by atoms with Gasteiger partial charge in [0.1, 0.15) is 0 Å². The first-order valence-electron chi connectivity index (χ1n) is 10.4.